The lowest BCUT2D eigenvalue weighted by Crippen LogP contribution is -2.13. The molecule has 7 nitrogen and oxygen atoms in total. The Hall–Kier alpha value is -1.74. The molecule has 0 aliphatic rings. The number of rotatable bonds is 3. The summed E-state index contributed by atoms with van der Waals surface area (Å²) in [5.74, 6) is 0.140. The second-order valence-corrected chi connectivity index (χ2v) is 6.01. The quantitative estimate of drug-likeness (QED) is 0.846. The Balaban J connectivity index is 2.31. The fraction of sp³-hybridized carbons (Fsp3) is 0.125. The van der Waals surface area contributed by atoms with Crippen molar-refractivity contribution >= 4 is 32.3 Å². The Morgan fingerprint density at radius 2 is 2.18 bits per heavy atom. The molecule has 0 amide bonds. The van der Waals surface area contributed by atoms with Crippen LogP contribution in [0.4, 0.5) is 10.9 Å². The zero-order valence-corrected chi connectivity index (χ0v) is 10.4. The molecule has 3 N–H and O–H groups in total. The Bertz CT molecular complexity index is 637. The smallest absolute Gasteiger partial charge is 0.263 e. The van der Waals surface area contributed by atoms with Gasteiger partial charge < -0.3 is 5.73 Å². The van der Waals surface area contributed by atoms with Crippen molar-refractivity contribution in [3.63, 3.8) is 0 Å². The van der Waals surface area contributed by atoms with Gasteiger partial charge in [-0.2, -0.15) is 0 Å². The first-order chi connectivity index (χ1) is 7.97. The van der Waals surface area contributed by atoms with Crippen molar-refractivity contribution in [3.05, 3.63) is 23.3 Å². The molecule has 0 atom stereocenters. The summed E-state index contributed by atoms with van der Waals surface area (Å²) in [5.41, 5.74) is 5.42. The van der Waals surface area contributed by atoms with Gasteiger partial charge in [-0.15, -0.1) is 10.2 Å². The van der Waals surface area contributed by atoms with Gasteiger partial charge in [0.15, 0.2) is 0 Å². The Kier molecular flexibility index (Phi) is 2.94. The molecule has 0 unspecified atom stereocenters. The summed E-state index contributed by atoms with van der Waals surface area (Å²) < 4.78 is 26.1. The SMILES string of the molecule is Cc1nnc(NS(=O)(=O)c2ccnc(N)c2)s1. The highest BCUT2D eigenvalue weighted by atomic mass is 32.2. The van der Waals surface area contributed by atoms with Gasteiger partial charge in [0.05, 0.1) is 4.90 Å². The van der Waals surface area contributed by atoms with E-state index < -0.39 is 10.0 Å². The molecule has 2 rings (SSSR count). The molecule has 90 valence electrons. The lowest BCUT2D eigenvalue weighted by Gasteiger charge is -2.04. The van der Waals surface area contributed by atoms with E-state index >= 15 is 0 Å². The van der Waals surface area contributed by atoms with E-state index in [9.17, 15) is 8.42 Å². The summed E-state index contributed by atoms with van der Waals surface area (Å²) >= 11 is 1.15. The molecule has 0 saturated heterocycles. The van der Waals surface area contributed by atoms with Crippen LogP contribution >= 0.6 is 11.3 Å². The van der Waals surface area contributed by atoms with E-state index in [0.717, 1.165) is 11.3 Å². The molecule has 0 aromatic carbocycles. The molecule has 0 aliphatic carbocycles. The average Bonchev–Trinajstić information content (AvgIpc) is 2.63. The summed E-state index contributed by atoms with van der Waals surface area (Å²) in [4.78, 5) is 3.76. The van der Waals surface area contributed by atoms with E-state index in [0.29, 0.717) is 5.01 Å². The maximum atomic E-state index is 11.9. The molecule has 0 spiro atoms. The van der Waals surface area contributed by atoms with Gasteiger partial charge >= 0.3 is 0 Å². The summed E-state index contributed by atoms with van der Waals surface area (Å²) in [7, 11) is -3.68. The van der Waals surface area contributed by atoms with Crippen LogP contribution in [0.25, 0.3) is 0 Å². The zero-order valence-electron chi connectivity index (χ0n) is 8.78. The van der Waals surface area contributed by atoms with Gasteiger partial charge in [0.1, 0.15) is 10.8 Å². The number of nitrogens with zero attached hydrogens (tertiary/aromatic N) is 3. The van der Waals surface area contributed by atoms with Crippen LogP contribution < -0.4 is 10.5 Å². The van der Waals surface area contributed by atoms with E-state index in [-0.39, 0.29) is 15.8 Å². The first-order valence-corrected chi connectivity index (χ1v) is 6.82. The lowest BCUT2D eigenvalue weighted by atomic mass is 10.5. The van der Waals surface area contributed by atoms with Crippen molar-refractivity contribution < 1.29 is 8.42 Å². The van der Waals surface area contributed by atoms with Crippen molar-refractivity contribution in [2.75, 3.05) is 10.5 Å². The minimum atomic E-state index is -3.68. The van der Waals surface area contributed by atoms with Gasteiger partial charge in [-0.1, -0.05) is 11.3 Å². The summed E-state index contributed by atoms with van der Waals surface area (Å²) in [5, 5.41) is 8.29. The molecule has 9 heteroatoms. The van der Waals surface area contributed by atoms with Gasteiger partial charge in [-0.3, -0.25) is 4.72 Å². The highest BCUT2D eigenvalue weighted by molar-refractivity contribution is 7.93. The number of nitrogens with one attached hydrogen (secondary N) is 1. The van der Waals surface area contributed by atoms with Gasteiger partial charge in [-0.25, -0.2) is 13.4 Å². The maximum Gasteiger partial charge on any atom is 0.263 e. The first kappa shape index (κ1) is 11.7. The highest BCUT2D eigenvalue weighted by Crippen LogP contribution is 2.19. The molecule has 2 heterocycles. The second-order valence-electron chi connectivity index (χ2n) is 3.15. The standard InChI is InChI=1S/C8H9N5O2S2/c1-5-11-12-8(16-5)13-17(14,15)6-2-3-10-7(9)4-6/h2-4H,1H3,(H2,9,10)(H,12,13). The maximum absolute atomic E-state index is 11.9. The first-order valence-electron chi connectivity index (χ1n) is 4.52. The number of nitrogen functional groups attached to an aromatic ring is 1. The minimum Gasteiger partial charge on any atom is -0.384 e. The average molecular weight is 271 g/mol. The fourth-order valence-electron chi connectivity index (χ4n) is 1.11. The van der Waals surface area contributed by atoms with E-state index in [1.165, 1.54) is 18.3 Å². The van der Waals surface area contributed by atoms with E-state index in [1.54, 1.807) is 6.92 Å². The van der Waals surface area contributed by atoms with Gasteiger partial charge in [0, 0.05) is 12.3 Å². The lowest BCUT2D eigenvalue weighted by molar-refractivity contribution is 0.601. The van der Waals surface area contributed by atoms with Crippen molar-refractivity contribution in [2.45, 2.75) is 11.8 Å². The predicted molar refractivity (Wildman–Crippen MR) is 64.1 cm³/mol. The van der Waals surface area contributed by atoms with E-state index in [2.05, 4.69) is 19.9 Å². The Morgan fingerprint density at radius 3 is 2.76 bits per heavy atom. The summed E-state index contributed by atoms with van der Waals surface area (Å²) in [6, 6.07) is 2.63. The van der Waals surface area contributed by atoms with Crippen molar-refractivity contribution in [2.24, 2.45) is 0 Å². The van der Waals surface area contributed by atoms with Crippen molar-refractivity contribution in [1.82, 2.24) is 15.2 Å². The third kappa shape index (κ3) is 2.68. The molecular weight excluding hydrogens is 262 g/mol. The van der Waals surface area contributed by atoms with Crippen LogP contribution in [-0.2, 0) is 10.0 Å². The predicted octanol–water partition coefficient (Wildman–Crippen LogP) is 0.625. The summed E-state index contributed by atoms with van der Waals surface area (Å²) in [6.07, 6.45) is 1.33. The van der Waals surface area contributed by atoms with Gasteiger partial charge in [-0.05, 0) is 13.0 Å². The number of hydrogen-bond acceptors (Lipinski definition) is 7. The number of aromatic nitrogens is 3. The van der Waals surface area contributed by atoms with Crippen LogP contribution in [0.1, 0.15) is 5.01 Å². The van der Waals surface area contributed by atoms with Crippen LogP contribution in [0.2, 0.25) is 0 Å². The monoisotopic (exact) mass is 271 g/mol. The largest absolute Gasteiger partial charge is 0.384 e. The van der Waals surface area contributed by atoms with Crippen LogP contribution in [0, 0.1) is 6.92 Å². The minimum absolute atomic E-state index is 0.0397. The molecule has 0 fully saturated rings. The fourth-order valence-corrected chi connectivity index (χ4v) is 2.95. The molecule has 17 heavy (non-hydrogen) atoms. The molecule has 2 aromatic rings. The normalized spacial score (nSPS) is 11.4. The highest BCUT2D eigenvalue weighted by Gasteiger charge is 2.16. The van der Waals surface area contributed by atoms with Gasteiger partial charge in [0.2, 0.25) is 5.13 Å². The topological polar surface area (TPSA) is 111 Å². The second kappa shape index (κ2) is 4.26. The number of sulfonamides is 1. The number of pyridine rings is 1. The number of aryl methyl sites for hydroxylation is 1. The molecule has 0 aliphatic heterocycles. The number of nitrogens with two attached hydrogens (primary N) is 1. The molecule has 0 saturated carbocycles. The van der Waals surface area contributed by atoms with Crippen LogP contribution in [0.15, 0.2) is 23.2 Å². The third-order valence-corrected chi connectivity index (χ3v) is 4.03. The van der Waals surface area contributed by atoms with E-state index in [4.69, 9.17) is 5.73 Å². The Morgan fingerprint density at radius 1 is 1.41 bits per heavy atom. The number of anilines is 2. The third-order valence-electron chi connectivity index (χ3n) is 1.81. The molecule has 0 bridgehead atoms. The van der Waals surface area contributed by atoms with E-state index in [1.807, 2.05) is 0 Å². The number of hydrogen-bond donors (Lipinski definition) is 2. The van der Waals surface area contributed by atoms with Crippen LogP contribution in [0.3, 0.4) is 0 Å². The molecule has 2 aromatic heterocycles. The van der Waals surface area contributed by atoms with Crippen molar-refractivity contribution in [3.8, 4) is 0 Å². The Labute approximate surface area is 102 Å². The molecular formula is C8H9N5O2S2. The van der Waals surface area contributed by atoms with Crippen LogP contribution in [-0.4, -0.2) is 23.6 Å². The summed E-state index contributed by atoms with van der Waals surface area (Å²) in [6.45, 7) is 1.74. The van der Waals surface area contributed by atoms with Crippen LogP contribution in [0.5, 0.6) is 0 Å². The zero-order chi connectivity index (χ0) is 12.5. The van der Waals surface area contributed by atoms with Gasteiger partial charge in [0.25, 0.3) is 10.0 Å². The van der Waals surface area contributed by atoms with Crippen molar-refractivity contribution in [1.29, 1.82) is 0 Å². The molecule has 0 radical (unpaired) electrons.